The minimum absolute atomic E-state index is 0.0174. The number of carbonyl (C=O) groups is 2. The fourth-order valence-electron chi connectivity index (χ4n) is 2.35. The molecule has 2 aromatic heterocycles. The van der Waals surface area contributed by atoms with Crippen LogP contribution >= 0.6 is 22.7 Å². The zero-order valence-corrected chi connectivity index (χ0v) is 15.5. The third-order valence-electron chi connectivity index (χ3n) is 3.79. The molecule has 1 amide bonds. The number of rotatable bonds is 7. The van der Waals surface area contributed by atoms with Gasteiger partial charge in [0, 0.05) is 23.8 Å². The highest BCUT2D eigenvalue weighted by Gasteiger charge is 2.12. The van der Waals surface area contributed by atoms with Crippen LogP contribution < -0.4 is 5.32 Å². The van der Waals surface area contributed by atoms with Gasteiger partial charge in [-0.05, 0) is 23.4 Å². The lowest BCUT2D eigenvalue weighted by Gasteiger charge is -2.03. The van der Waals surface area contributed by atoms with Crippen LogP contribution in [0.2, 0.25) is 0 Å². The smallest absolute Gasteiger partial charge is 0.226 e. The number of anilines is 1. The predicted molar refractivity (Wildman–Crippen MR) is 103 cm³/mol. The molecule has 128 valence electrons. The quantitative estimate of drug-likeness (QED) is 0.593. The van der Waals surface area contributed by atoms with E-state index in [2.05, 4.69) is 17.2 Å². The van der Waals surface area contributed by atoms with Crippen molar-refractivity contribution in [2.45, 2.75) is 26.2 Å². The van der Waals surface area contributed by atoms with Crippen molar-refractivity contribution in [3.8, 4) is 10.6 Å². The Morgan fingerprint density at radius 3 is 2.56 bits per heavy atom. The second-order valence-corrected chi connectivity index (χ2v) is 7.34. The van der Waals surface area contributed by atoms with Gasteiger partial charge in [-0.15, -0.1) is 22.7 Å². The maximum absolute atomic E-state index is 12.2. The lowest BCUT2D eigenvalue weighted by atomic mass is 10.0. The highest BCUT2D eigenvalue weighted by molar-refractivity contribution is 7.16. The number of hydrogen-bond donors (Lipinski definition) is 1. The number of nitrogens with one attached hydrogen (secondary N) is 1. The Balaban J connectivity index is 1.51. The normalized spacial score (nSPS) is 10.6. The SMILES string of the molecule is CCc1ccc(C(=O)CCC(=O)Nc2nc(-c3cccs3)cs2)cc1. The van der Waals surface area contributed by atoms with Gasteiger partial charge < -0.3 is 5.32 Å². The number of aryl methyl sites for hydroxylation is 1. The van der Waals surface area contributed by atoms with Gasteiger partial charge in [-0.25, -0.2) is 4.98 Å². The molecule has 0 saturated heterocycles. The topological polar surface area (TPSA) is 59.1 Å². The fraction of sp³-hybridized carbons (Fsp3) is 0.211. The van der Waals surface area contributed by atoms with Crippen LogP contribution in [-0.4, -0.2) is 16.7 Å². The van der Waals surface area contributed by atoms with E-state index >= 15 is 0 Å². The van der Waals surface area contributed by atoms with Crippen LogP contribution in [0.25, 0.3) is 10.6 Å². The number of thiophene rings is 1. The number of nitrogens with zero attached hydrogens (tertiary/aromatic N) is 1. The van der Waals surface area contributed by atoms with E-state index in [1.165, 1.54) is 16.9 Å². The van der Waals surface area contributed by atoms with Crippen LogP contribution in [0, 0.1) is 0 Å². The average Bonchev–Trinajstić information content (AvgIpc) is 3.31. The molecule has 0 radical (unpaired) electrons. The van der Waals surface area contributed by atoms with Gasteiger partial charge in [0.05, 0.1) is 10.6 Å². The third-order valence-corrected chi connectivity index (χ3v) is 5.44. The Labute approximate surface area is 154 Å². The van der Waals surface area contributed by atoms with E-state index in [1.54, 1.807) is 11.3 Å². The molecule has 1 N–H and O–H groups in total. The van der Waals surface area contributed by atoms with Crippen molar-refractivity contribution in [2.75, 3.05) is 5.32 Å². The number of carbonyl (C=O) groups excluding carboxylic acids is 2. The molecule has 0 saturated carbocycles. The summed E-state index contributed by atoms with van der Waals surface area (Å²) in [5.41, 5.74) is 2.71. The molecule has 0 aliphatic carbocycles. The van der Waals surface area contributed by atoms with Crippen molar-refractivity contribution in [1.82, 2.24) is 4.98 Å². The van der Waals surface area contributed by atoms with E-state index in [4.69, 9.17) is 0 Å². The Morgan fingerprint density at radius 2 is 1.88 bits per heavy atom. The molecule has 3 rings (SSSR count). The van der Waals surface area contributed by atoms with Crippen molar-refractivity contribution in [1.29, 1.82) is 0 Å². The van der Waals surface area contributed by atoms with Crippen LogP contribution in [0.4, 0.5) is 5.13 Å². The molecule has 1 aromatic carbocycles. The molecule has 3 aromatic rings. The fourth-order valence-corrected chi connectivity index (χ4v) is 3.84. The molecule has 0 unspecified atom stereocenters. The molecular formula is C19H18N2O2S2. The molecule has 0 aliphatic heterocycles. The van der Waals surface area contributed by atoms with Crippen molar-refractivity contribution in [3.63, 3.8) is 0 Å². The van der Waals surface area contributed by atoms with Crippen molar-refractivity contribution >= 4 is 39.5 Å². The number of Topliss-reactive ketones (excluding diaryl/α,β-unsaturated/α-hetero) is 1. The first-order valence-corrected chi connectivity index (χ1v) is 9.83. The van der Waals surface area contributed by atoms with E-state index in [-0.39, 0.29) is 24.5 Å². The maximum atomic E-state index is 12.2. The van der Waals surface area contributed by atoms with Crippen LogP contribution in [0.1, 0.15) is 35.7 Å². The third kappa shape index (κ3) is 4.61. The number of amides is 1. The summed E-state index contributed by atoms with van der Waals surface area (Å²) in [5, 5.41) is 7.24. The zero-order valence-electron chi connectivity index (χ0n) is 13.8. The first-order chi connectivity index (χ1) is 12.2. The standard InChI is InChI=1S/C19H18N2O2S2/c1-2-13-5-7-14(8-6-13)16(22)9-10-18(23)21-19-20-15(12-25-19)17-4-3-11-24-17/h3-8,11-12H,2,9-10H2,1H3,(H,20,21,23). The molecule has 0 bridgehead atoms. The number of benzene rings is 1. The first kappa shape index (κ1) is 17.5. The average molecular weight is 370 g/mol. The zero-order chi connectivity index (χ0) is 17.6. The van der Waals surface area contributed by atoms with E-state index < -0.39 is 0 Å². The number of thiazole rings is 1. The van der Waals surface area contributed by atoms with Gasteiger partial charge >= 0.3 is 0 Å². The molecular weight excluding hydrogens is 352 g/mol. The summed E-state index contributed by atoms with van der Waals surface area (Å²) < 4.78 is 0. The summed E-state index contributed by atoms with van der Waals surface area (Å²) >= 11 is 3.00. The van der Waals surface area contributed by atoms with Gasteiger partial charge in [0.1, 0.15) is 0 Å². The molecule has 0 atom stereocenters. The highest BCUT2D eigenvalue weighted by Crippen LogP contribution is 2.28. The van der Waals surface area contributed by atoms with Crippen LogP contribution in [0.15, 0.2) is 47.2 Å². The maximum Gasteiger partial charge on any atom is 0.226 e. The largest absolute Gasteiger partial charge is 0.302 e. The lowest BCUT2D eigenvalue weighted by molar-refractivity contribution is -0.116. The number of hydrogen-bond acceptors (Lipinski definition) is 5. The minimum atomic E-state index is -0.189. The molecule has 4 nitrogen and oxygen atoms in total. The summed E-state index contributed by atoms with van der Waals surface area (Å²) in [6.07, 6.45) is 1.29. The monoisotopic (exact) mass is 370 g/mol. The van der Waals surface area contributed by atoms with Gasteiger partial charge in [0.2, 0.25) is 5.91 Å². The summed E-state index contributed by atoms with van der Waals surface area (Å²) in [5.74, 6) is -0.207. The van der Waals surface area contributed by atoms with Crippen LogP contribution in [-0.2, 0) is 11.2 Å². The summed E-state index contributed by atoms with van der Waals surface area (Å²) in [4.78, 5) is 29.7. The van der Waals surface area contributed by atoms with Gasteiger partial charge in [0.15, 0.2) is 10.9 Å². The number of aromatic nitrogens is 1. The Hall–Kier alpha value is -2.31. The van der Waals surface area contributed by atoms with Crippen LogP contribution in [0.5, 0.6) is 0 Å². The predicted octanol–water partition coefficient (Wildman–Crippen LogP) is 5.04. The molecule has 0 fully saturated rings. The molecule has 0 aliphatic rings. The molecule has 6 heteroatoms. The van der Waals surface area contributed by atoms with Gasteiger partial charge in [0.25, 0.3) is 0 Å². The number of ketones is 1. The van der Waals surface area contributed by atoms with E-state index in [1.807, 2.05) is 47.2 Å². The minimum Gasteiger partial charge on any atom is -0.302 e. The second-order valence-electron chi connectivity index (χ2n) is 5.54. The van der Waals surface area contributed by atoms with E-state index in [9.17, 15) is 9.59 Å². The van der Waals surface area contributed by atoms with Gasteiger partial charge in [-0.1, -0.05) is 37.3 Å². The Morgan fingerprint density at radius 1 is 1.08 bits per heavy atom. The summed E-state index contributed by atoms with van der Waals surface area (Å²) in [7, 11) is 0. The lowest BCUT2D eigenvalue weighted by Crippen LogP contribution is -2.13. The van der Waals surface area contributed by atoms with E-state index in [0.29, 0.717) is 10.7 Å². The first-order valence-electron chi connectivity index (χ1n) is 8.07. The van der Waals surface area contributed by atoms with Crippen molar-refractivity contribution in [3.05, 3.63) is 58.3 Å². The van der Waals surface area contributed by atoms with Gasteiger partial charge in [-0.2, -0.15) is 0 Å². The van der Waals surface area contributed by atoms with Crippen molar-refractivity contribution < 1.29 is 9.59 Å². The Kier molecular flexibility index (Phi) is 5.73. The molecule has 25 heavy (non-hydrogen) atoms. The molecule has 0 spiro atoms. The highest BCUT2D eigenvalue weighted by atomic mass is 32.1. The second kappa shape index (κ2) is 8.18. The summed E-state index contributed by atoms with van der Waals surface area (Å²) in [6.45, 7) is 2.07. The van der Waals surface area contributed by atoms with E-state index in [0.717, 1.165) is 17.0 Å². The van der Waals surface area contributed by atoms with Gasteiger partial charge in [-0.3, -0.25) is 9.59 Å². The molecule has 2 heterocycles. The van der Waals surface area contributed by atoms with Crippen LogP contribution in [0.3, 0.4) is 0 Å². The van der Waals surface area contributed by atoms with Crippen molar-refractivity contribution in [2.24, 2.45) is 0 Å². The Bertz CT molecular complexity index is 852. The summed E-state index contributed by atoms with van der Waals surface area (Å²) in [6, 6.07) is 11.5.